The molecule has 6 aromatic carbocycles. The molecule has 0 fully saturated rings. The van der Waals surface area contributed by atoms with Crippen molar-refractivity contribution in [3.05, 3.63) is 168 Å². The molecule has 0 radical (unpaired) electrons. The Morgan fingerprint density at radius 1 is 0.638 bits per heavy atom. The second-order valence-electron chi connectivity index (χ2n) is 11.2. The van der Waals surface area contributed by atoms with Gasteiger partial charge in [-0.05, 0) is 54.7 Å². The number of para-hydroxylation sites is 1. The second kappa shape index (κ2) is 12.4. The van der Waals surface area contributed by atoms with Gasteiger partial charge in [-0.15, -0.1) is 11.3 Å². The number of thiazole rings is 1. The summed E-state index contributed by atoms with van der Waals surface area (Å²) in [5, 5.41) is 3.43. The number of amidine groups is 2. The van der Waals surface area contributed by atoms with Gasteiger partial charge in [0.1, 0.15) is 5.01 Å². The fourth-order valence-electron chi connectivity index (χ4n) is 5.99. The number of nitrogens with zero attached hydrogens (tertiary/aromatic N) is 5. The molecule has 0 unspecified atom stereocenters. The zero-order valence-corrected chi connectivity index (χ0v) is 26.3. The number of aliphatic imine (C=N–C) groups is 3. The Morgan fingerprint density at radius 2 is 1.30 bits per heavy atom. The van der Waals surface area contributed by atoms with Crippen molar-refractivity contribution in [1.29, 1.82) is 0 Å². The van der Waals surface area contributed by atoms with Crippen molar-refractivity contribution in [3.63, 3.8) is 0 Å². The minimum absolute atomic E-state index is 0.518. The summed E-state index contributed by atoms with van der Waals surface area (Å²) in [4.78, 5) is 19.2. The predicted molar refractivity (Wildman–Crippen MR) is 199 cm³/mol. The van der Waals surface area contributed by atoms with Gasteiger partial charge in [0.2, 0.25) is 0 Å². The lowest BCUT2D eigenvalue weighted by molar-refractivity contribution is 1.06. The summed E-state index contributed by atoms with van der Waals surface area (Å²) in [7, 11) is 0. The van der Waals surface area contributed by atoms with Crippen molar-refractivity contribution in [2.75, 3.05) is 0 Å². The number of aromatic nitrogens is 2. The second-order valence-corrected chi connectivity index (χ2v) is 12.2. The van der Waals surface area contributed by atoms with E-state index >= 15 is 0 Å². The van der Waals surface area contributed by atoms with Crippen LogP contribution in [0.4, 0.5) is 0 Å². The van der Waals surface area contributed by atoms with Crippen molar-refractivity contribution in [2.24, 2.45) is 15.0 Å². The van der Waals surface area contributed by atoms with Crippen LogP contribution < -0.4 is 0 Å². The Hall–Kier alpha value is -5.98. The summed E-state index contributed by atoms with van der Waals surface area (Å²) in [5.74, 6) is 1.14. The largest absolute Gasteiger partial charge is 0.308 e. The molecule has 0 saturated heterocycles. The standard InChI is InChI=1S/C41H29N5S/c1-42-39(45-40(29-15-7-3-8-16-29)43-27-28-13-5-2-6-14-28)30-21-23-32(24-22-30)46-36-20-12-11-19-33(36)34-25-26-35-38(37(34)46)47-41(44-35)31-17-9-4-10-18-31/h2-26H,1,27H2. The van der Waals surface area contributed by atoms with Crippen molar-refractivity contribution in [3.8, 4) is 16.3 Å². The fraction of sp³-hybridized carbons (Fsp3) is 0.0244. The monoisotopic (exact) mass is 623 g/mol. The quantitative estimate of drug-likeness (QED) is 0.134. The number of hydrogen-bond acceptors (Lipinski definition) is 3. The molecule has 0 spiro atoms. The van der Waals surface area contributed by atoms with Crippen molar-refractivity contribution in [2.45, 2.75) is 6.54 Å². The van der Waals surface area contributed by atoms with E-state index in [2.05, 4.69) is 113 Å². The fourth-order valence-corrected chi connectivity index (χ4v) is 7.09. The minimum Gasteiger partial charge on any atom is -0.308 e. The van der Waals surface area contributed by atoms with Crippen LogP contribution in [0.2, 0.25) is 0 Å². The van der Waals surface area contributed by atoms with E-state index in [0.717, 1.165) is 49.5 Å². The van der Waals surface area contributed by atoms with Gasteiger partial charge in [0.25, 0.3) is 0 Å². The molecule has 0 amide bonds. The molecule has 47 heavy (non-hydrogen) atoms. The molecular weight excluding hydrogens is 595 g/mol. The smallest absolute Gasteiger partial charge is 0.161 e. The Labute approximate surface area is 276 Å². The van der Waals surface area contributed by atoms with Crippen molar-refractivity contribution < 1.29 is 0 Å². The maximum absolute atomic E-state index is 5.03. The van der Waals surface area contributed by atoms with Gasteiger partial charge in [-0.25, -0.2) is 15.0 Å². The number of benzene rings is 6. The van der Waals surface area contributed by atoms with Crippen LogP contribution in [0, 0.1) is 0 Å². The van der Waals surface area contributed by atoms with E-state index in [1.165, 1.54) is 15.5 Å². The van der Waals surface area contributed by atoms with Gasteiger partial charge in [-0.3, -0.25) is 4.99 Å². The first-order chi connectivity index (χ1) is 23.3. The highest BCUT2D eigenvalue weighted by Gasteiger charge is 2.18. The lowest BCUT2D eigenvalue weighted by Gasteiger charge is -2.10. The molecule has 0 aliphatic rings. The van der Waals surface area contributed by atoms with Gasteiger partial charge in [0.15, 0.2) is 11.7 Å². The van der Waals surface area contributed by atoms with Gasteiger partial charge in [-0.2, -0.15) is 0 Å². The van der Waals surface area contributed by atoms with Gasteiger partial charge in [-0.1, -0.05) is 109 Å². The van der Waals surface area contributed by atoms with Crippen LogP contribution in [0.1, 0.15) is 16.7 Å². The van der Waals surface area contributed by atoms with E-state index in [1.54, 1.807) is 11.3 Å². The minimum atomic E-state index is 0.518. The first kappa shape index (κ1) is 28.5. The molecule has 0 atom stereocenters. The highest BCUT2D eigenvalue weighted by atomic mass is 32.1. The number of fused-ring (bicyclic) bond motifs is 5. The molecule has 0 bridgehead atoms. The molecule has 0 saturated carbocycles. The van der Waals surface area contributed by atoms with E-state index in [-0.39, 0.29) is 0 Å². The molecular formula is C41H29N5S. The molecule has 8 aromatic rings. The molecule has 0 aliphatic carbocycles. The zero-order valence-electron chi connectivity index (χ0n) is 25.5. The summed E-state index contributed by atoms with van der Waals surface area (Å²) in [6.45, 7) is 4.39. The molecule has 0 aliphatic heterocycles. The number of rotatable bonds is 6. The molecule has 0 N–H and O–H groups in total. The molecule has 8 rings (SSSR count). The van der Waals surface area contributed by atoms with Gasteiger partial charge in [0, 0.05) is 33.2 Å². The summed E-state index contributed by atoms with van der Waals surface area (Å²) in [5.41, 5.74) is 8.38. The van der Waals surface area contributed by atoms with Crippen LogP contribution in [-0.2, 0) is 6.54 Å². The highest BCUT2D eigenvalue weighted by Crippen LogP contribution is 2.40. The maximum atomic E-state index is 5.03. The van der Waals surface area contributed by atoms with E-state index in [1.807, 2.05) is 54.6 Å². The third-order valence-electron chi connectivity index (χ3n) is 8.24. The van der Waals surface area contributed by atoms with E-state index in [0.29, 0.717) is 18.2 Å². The Kier molecular flexibility index (Phi) is 7.53. The Bertz CT molecular complexity index is 2420. The van der Waals surface area contributed by atoms with E-state index in [4.69, 9.17) is 15.0 Å². The summed E-state index contributed by atoms with van der Waals surface area (Å²) >= 11 is 1.74. The lowest BCUT2D eigenvalue weighted by Crippen LogP contribution is -2.06. The van der Waals surface area contributed by atoms with Crippen molar-refractivity contribution >= 4 is 61.7 Å². The number of hydrogen-bond donors (Lipinski definition) is 0. The maximum Gasteiger partial charge on any atom is 0.161 e. The first-order valence-electron chi connectivity index (χ1n) is 15.4. The molecule has 6 heteroatoms. The topological polar surface area (TPSA) is 54.9 Å². The lowest BCUT2D eigenvalue weighted by atomic mass is 10.1. The summed E-state index contributed by atoms with van der Waals surface area (Å²) < 4.78 is 3.51. The van der Waals surface area contributed by atoms with Gasteiger partial charge >= 0.3 is 0 Å². The average Bonchev–Trinajstić information content (AvgIpc) is 3.73. The predicted octanol–water partition coefficient (Wildman–Crippen LogP) is 10.2. The Balaban J connectivity index is 1.23. The molecule has 224 valence electrons. The van der Waals surface area contributed by atoms with E-state index < -0.39 is 0 Å². The van der Waals surface area contributed by atoms with Gasteiger partial charge < -0.3 is 4.57 Å². The third kappa shape index (κ3) is 5.45. The first-order valence-corrected chi connectivity index (χ1v) is 16.3. The van der Waals surface area contributed by atoms with Crippen LogP contribution in [0.3, 0.4) is 0 Å². The third-order valence-corrected chi connectivity index (χ3v) is 9.37. The van der Waals surface area contributed by atoms with Crippen LogP contribution >= 0.6 is 11.3 Å². The Morgan fingerprint density at radius 3 is 2.04 bits per heavy atom. The van der Waals surface area contributed by atoms with Crippen molar-refractivity contribution in [1.82, 2.24) is 9.55 Å². The van der Waals surface area contributed by atoms with Crippen LogP contribution in [-0.4, -0.2) is 27.9 Å². The molecule has 2 aromatic heterocycles. The highest BCUT2D eigenvalue weighted by molar-refractivity contribution is 7.22. The zero-order chi connectivity index (χ0) is 31.6. The van der Waals surface area contributed by atoms with Crippen LogP contribution in [0.25, 0.3) is 48.3 Å². The molecule has 5 nitrogen and oxygen atoms in total. The van der Waals surface area contributed by atoms with Crippen LogP contribution in [0.15, 0.2) is 167 Å². The average molecular weight is 624 g/mol. The van der Waals surface area contributed by atoms with E-state index in [9.17, 15) is 0 Å². The van der Waals surface area contributed by atoms with Crippen LogP contribution in [0.5, 0.6) is 0 Å². The van der Waals surface area contributed by atoms with Gasteiger partial charge in [0.05, 0.1) is 27.8 Å². The SMILES string of the molecule is C=NC(=NC(=NCc1ccccc1)c1ccccc1)c1ccc(-n2c3ccccc3c3ccc4nc(-c5ccccc5)sc4c32)cc1. The normalized spacial score (nSPS) is 12.3. The summed E-state index contributed by atoms with van der Waals surface area (Å²) in [6, 6.07) is 51.9. The molecule has 2 heterocycles. The summed E-state index contributed by atoms with van der Waals surface area (Å²) in [6.07, 6.45) is 0.